The van der Waals surface area contributed by atoms with Crippen LogP contribution in [-0.4, -0.2) is 34.1 Å². The second kappa shape index (κ2) is 5.02. The number of nitrogens with zero attached hydrogens (tertiary/aromatic N) is 2. The smallest absolute Gasteiger partial charge is 0.306 e. The standard InChI is InChI=1S/C14H18ClN3O/c1-17-7-3-2-4-11(17)9-18-13-8-10(15)5-6-12(13)16-14(18)19/h5-6,8,11H,2-4,7,9H2,1H3,(H,16,19). The van der Waals surface area contributed by atoms with Crippen molar-refractivity contribution in [1.82, 2.24) is 14.5 Å². The van der Waals surface area contributed by atoms with Crippen LogP contribution >= 0.6 is 11.6 Å². The molecule has 0 amide bonds. The monoisotopic (exact) mass is 279 g/mol. The summed E-state index contributed by atoms with van der Waals surface area (Å²) in [7, 11) is 2.14. The predicted molar refractivity (Wildman–Crippen MR) is 77.8 cm³/mol. The Balaban J connectivity index is 1.97. The third kappa shape index (κ3) is 2.42. The third-order valence-corrected chi connectivity index (χ3v) is 4.29. The Morgan fingerprint density at radius 1 is 1.42 bits per heavy atom. The number of likely N-dealkylation sites (N-methyl/N-ethyl adjacent to an activating group) is 1. The van der Waals surface area contributed by atoms with Crippen LogP contribution in [-0.2, 0) is 6.54 Å². The first kappa shape index (κ1) is 12.8. The van der Waals surface area contributed by atoms with Crippen molar-refractivity contribution >= 4 is 22.6 Å². The van der Waals surface area contributed by atoms with E-state index in [4.69, 9.17) is 11.6 Å². The number of likely N-dealkylation sites (tertiary alicyclic amines) is 1. The first-order valence-corrected chi connectivity index (χ1v) is 7.11. The number of aromatic amines is 1. The Morgan fingerprint density at radius 2 is 2.26 bits per heavy atom. The third-order valence-electron chi connectivity index (χ3n) is 4.05. The van der Waals surface area contributed by atoms with Crippen LogP contribution in [0.25, 0.3) is 11.0 Å². The normalized spacial score (nSPS) is 21.1. The molecule has 0 saturated carbocycles. The predicted octanol–water partition coefficient (Wildman–Crippen LogP) is 2.47. The quantitative estimate of drug-likeness (QED) is 0.917. The molecular formula is C14H18ClN3O. The number of hydrogen-bond donors (Lipinski definition) is 1. The number of rotatable bonds is 2. The van der Waals surface area contributed by atoms with Gasteiger partial charge < -0.3 is 9.88 Å². The first-order chi connectivity index (χ1) is 9.15. The molecule has 5 heteroatoms. The van der Waals surface area contributed by atoms with Crippen molar-refractivity contribution < 1.29 is 0 Å². The molecule has 0 bridgehead atoms. The van der Waals surface area contributed by atoms with Crippen LogP contribution in [0, 0.1) is 0 Å². The van der Waals surface area contributed by atoms with Gasteiger partial charge in [-0.05, 0) is 44.6 Å². The highest BCUT2D eigenvalue weighted by molar-refractivity contribution is 6.31. The molecule has 1 saturated heterocycles. The Morgan fingerprint density at radius 3 is 3.05 bits per heavy atom. The zero-order valence-electron chi connectivity index (χ0n) is 11.0. The molecule has 19 heavy (non-hydrogen) atoms. The lowest BCUT2D eigenvalue weighted by Crippen LogP contribution is -2.40. The molecule has 3 rings (SSSR count). The number of H-pyrrole nitrogens is 1. The number of fused-ring (bicyclic) bond motifs is 1. The largest absolute Gasteiger partial charge is 0.326 e. The number of halogens is 1. The van der Waals surface area contributed by atoms with Crippen LogP contribution in [0.5, 0.6) is 0 Å². The molecule has 4 nitrogen and oxygen atoms in total. The van der Waals surface area contributed by atoms with Gasteiger partial charge in [0.05, 0.1) is 11.0 Å². The lowest BCUT2D eigenvalue weighted by molar-refractivity contribution is 0.167. The molecule has 0 spiro atoms. The lowest BCUT2D eigenvalue weighted by Gasteiger charge is -2.32. The van der Waals surface area contributed by atoms with Crippen molar-refractivity contribution in [3.8, 4) is 0 Å². The maximum Gasteiger partial charge on any atom is 0.326 e. The summed E-state index contributed by atoms with van der Waals surface area (Å²) in [4.78, 5) is 17.3. The number of aromatic nitrogens is 2. The van der Waals surface area contributed by atoms with E-state index in [1.807, 2.05) is 16.7 Å². The van der Waals surface area contributed by atoms with E-state index in [-0.39, 0.29) is 5.69 Å². The summed E-state index contributed by atoms with van der Waals surface area (Å²) in [6.45, 7) is 1.85. The Hall–Kier alpha value is -1.26. The summed E-state index contributed by atoms with van der Waals surface area (Å²) >= 11 is 6.03. The number of imidazole rings is 1. The van der Waals surface area contributed by atoms with Gasteiger partial charge in [-0.1, -0.05) is 18.0 Å². The van der Waals surface area contributed by atoms with E-state index in [9.17, 15) is 4.79 Å². The van der Waals surface area contributed by atoms with Gasteiger partial charge in [0.2, 0.25) is 0 Å². The molecule has 1 atom stereocenters. The molecule has 1 aromatic carbocycles. The zero-order chi connectivity index (χ0) is 13.4. The maximum atomic E-state index is 12.1. The molecule has 0 aliphatic carbocycles. The molecule has 1 aliphatic rings. The van der Waals surface area contributed by atoms with Crippen molar-refractivity contribution in [1.29, 1.82) is 0 Å². The minimum Gasteiger partial charge on any atom is -0.306 e. The summed E-state index contributed by atoms with van der Waals surface area (Å²) < 4.78 is 1.81. The van der Waals surface area contributed by atoms with Gasteiger partial charge in [0.1, 0.15) is 0 Å². The van der Waals surface area contributed by atoms with Crippen LogP contribution in [0.2, 0.25) is 5.02 Å². The van der Waals surface area contributed by atoms with Gasteiger partial charge in [-0.25, -0.2) is 4.79 Å². The van der Waals surface area contributed by atoms with Crippen LogP contribution in [0.4, 0.5) is 0 Å². The fourth-order valence-corrected chi connectivity index (χ4v) is 3.06. The van der Waals surface area contributed by atoms with Crippen LogP contribution < -0.4 is 5.69 Å². The maximum absolute atomic E-state index is 12.1. The van der Waals surface area contributed by atoms with Gasteiger partial charge in [-0.15, -0.1) is 0 Å². The molecule has 2 aromatic rings. The average molecular weight is 280 g/mol. The van der Waals surface area contributed by atoms with Crippen molar-refractivity contribution in [2.75, 3.05) is 13.6 Å². The fraction of sp³-hybridized carbons (Fsp3) is 0.500. The highest BCUT2D eigenvalue weighted by Crippen LogP contribution is 2.20. The highest BCUT2D eigenvalue weighted by atomic mass is 35.5. The summed E-state index contributed by atoms with van der Waals surface area (Å²) in [5, 5.41) is 0.664. The topological polar surface area (TPSA) is 41.0 Å². The van der Waals surface area contributed by atoms with Crippen molar-refractivity contribution in [3.63, 3.8) is 0 Å². The van der Waals surface area contributed by atoms with Gasteiger partial charge in [0, 0.05) is 17.6 Å². The molecule has 0 radical (unpaired) electrons. The van der Waals surface area contributed by atoms with E-state index >= 15 is 0 Å². The second-order valence-electron chi connectivity index (χ2n) is 5.33. The van der Waals surface area contributed by atoms with E-state index in [2.05, 4.69) is 16.9 Å². The molecule has 1 aromatic heterocycles. The molecule has 1 N–H and O–H groups in total. The SMILES string of the molecule is CN1CCCCC1Cn1c(=O)[nH]c2ccc(Cl)cc21. The van der Waals surface area contributed by atoms with Crippen LogP contribution in [0.3, 0.4) is 0 Å². The Labute approximate surface area is 117 Å². The zero-order valence-corrected chi connectivity index (χ0v) is 11.8. The summed E-state index contributed by atoms with van der Waals surface area (Å²) in [5.41, 5.74) is 1.71. The Kier molecular flexibility index (Phi) is 3.37. The Bertz CT molecular complexity index is 646. The molecule has 1 aliphatic heterocycles. The van der Waals surface area contributed by atoms with Gasteiger partial charge in [0.15, 0.2) is 0 Å². The van der Waals surface area contributed by atoms with Crippen LogP contribution in [0.15, 0.2) is 23.0 Å². The number of nitrogens with one attached hydrogen (secondary N) is 1. The summed E-state index contributed by atoms with van der Waals surface area (Å²) in [6.07, 6.45) is 3.64. The van der Waals surface area contributed by atoms with Gasteiger partial charge in [0.25, 0.3) is 0 Å². The number of benzene rings is 1. The summed E-state index contributed by atoms with van der Waals surface area (Å²) in [5.74, 6) is 0. The van der Waals surface area contributed by atoms with Crippen molar-refractivity contribution in [2.45, 2.75) is 31.8 Å². The average Bonchev–Trinajstić information content (AvgIpc) is 2.69. The molecule has 102 valence electrons. The van der Waals surface area contributed by atoms with Crippen LogP contribution in [0.1, 0.15) is 19.3 Å². The van der Waals surface area contributed by atoms with Crippen molar-refractivity contribution in [3.05, 3.63) is 33.7 Å². The van der Waals surface area contributed by atoms with E-state index in [1.54, 1.807) is 6.07 Å². The second-order valence-corrected chi connectivity index (χ2v) is 5.77. The van der Waals surface area contributed by atoms with Gasteiger partial charge in [-0.3, -0.25) is 4.57 Å². The minimum absolute atomic E-state index is 0.0451. The van der Waals surface area contributed by atoms with E-state index in [0.717, 1.165) is 30.5 Å². The van der Waals surface area contributed by atoms with E-state index in [0.29, 0.717) is 11.1 Å². The molecule has 1 unspecified atom stereocenters. The molecule has 2 heterocycles. The number of piperidine rings is 1. The molecular weight excluding hydrogens is 262 g/mol. The highest BCUT2D eigenvalue weighted by Gasteiger charge is 2.21. The van der Waals surface area contributed by atoms with E-state index in [1.165, 1.54) is 12.8 Å². The first-order valence-electron chi connectivity index (χ1n) is 6.73. The van der Waals surface area contributed by atoms with Gasteiger partial charge >= 0.3 is 5.69 Å². The van der Waals surface area contributed by atoms with E-state index < -0.39 is 0 Å². The van der Waals surface area contributed by atoms with Gasteiger partial charge in [-0.2, -0.15) is 0 Å². The molecule has 1 fully saturated rings. The summed E-state index contributed by atoms with van der Waals surface area (Å²) in [6, 6.07) is 5.96. The van der Waals surface area contributed by atoms with Crippen molar-refractivity contribution in [2.24, 2.45) is 0 Å². The lowest BCUT2D eigenvalue weighted by atomic mass is 10.0. The number of hydrogen-bond acceptors (Lipinski definition) is 2. The fourth-order valence-electron chi connectivity index (χ4n) is 2.89. The minimum atomic E-state index is -0.0451.